The second-order valence-corrected chi connectivity index (χ2v) is 6.32. The number of halogens is 2. The van der Waals surface area contributed by atoms with Crippen molar-refractivity contribution < 1.29 is 13.9 Å². The molecule has 2 aromatic carbocycles. The number of aliphatic hydroxyl groups is 1. The zero-order chi connectivity index (χ0) is 15.0. The van der Waals surface area contributed by atoms with Gasteiger partial charge in [0, 0.05) is 20.9 Å². The van der Waals surface area contributed by atoms with E-state index in [-0.39, 0.29) is 5.82 Å². The molecule has 2 nitrogen and oxygen atoms in total. The molecule has 0 spiro atoms. The fourth-order valence-electron chi connectivity index (χ4n) is 2.47. The van der Waals surface area contributed by atoms with Crippen molar-refractivity contribution in [3.8, 4) is 0 Å². The number of fused-ring (bicyclic) bond motifs is 1. The van der Waals surface area contributed by atoms with Gasteiger partial charge in [0.25, 0.3) is 0 Å². The van der Waals surface area contributed by atoms with Gasteiger partial charge in [0.15, 0.2) is 0 Å². The fraction of sp³-hybridized carbons (Fsp3) is 0.176. The second-order valence-electron chi connectivity index (χ2n) is 5.08. The molecule has 1 unspecified atom stereocenters. The van der Waals surface area contributed by atoms with Gasteiger partial charge in [-0.3, -0.25) is 0 Å². The molecular formula is C17H14FIO2. The van der Waals surface area contributed by atoms with Crippen LogP contribution >= 0.6 is 22.6 Å². The Labute approximate surface area is 135 Å². The maximum absolute atomic E-state index is 13.3. The molecule has 3 aromatic rings. The highest BCUT2D eigenvalue weighted by Gasteiger charge is 2.19. The van der Waals surface area contributed by atoms with Gasteiger partial charge in [-0.2, -0.15) is 0 Å². The Hall–Kier alpha value is -1.40. The van der Waals surface area contributed by atoms with E-state index in [4.69, 9.17) is 4.42 Å². The molecule has 0 bridgehead atoms. The van der Waals surface area contributed by atoms with Crippen LogP contribution < -0.4 is 0 Å². The number of aliphatic hydroxyl groups excluding tert-OH is 1. The summed E-state index contributed by atoms with van der Waals surface area (Å²) >= 11 is 2.24. The highest BCUT2D eigenvalue weighted by Crippen LogP contribution is 2.31. The van der Waals surface area contributed by atoms with Crippen LogP contribution in [0.3, 0.4) is 0 Å². The summed E-state index contributed by atoms with van der Waals surface area (Å²) in [4.78, 5) is 0. The third kappa shape index (κ3) is 2.96. The van der Waals surface area contributed by atoms with E-state index in [9.17, 15) is 9.50 Å². The van der Waals surface area contributed by atoms with Gasteiger partial charge >= 0.3 is 0 Å². The topological polar surface area (TPSA) is 33.4 Å². The summed E-state index contributed by atoms with van der Waals surface area (Å²) in [5.74, 6) is 0.208. The largest absolute Gasteiger partial charge is 0.458 e. The molecule has 21 heavy (non-hydrogen) atoms. The summed E-state index contributed by atoms with van der Waals surface area (Å²) in [6.45, 7) is 1.84. The predicted molar refractivity (Wildman–Crippen MR) is 88.7 cm³/mol. The molecule has 4 heteroatoms. The van der Waals surface area contributed by atoms with Gasteiger partial charge in [0.2, 0.25) is 0 Å². The van der Waals surface area contributed by atoms with Gasteiger partial charge in [-0.25, -0.2) is 4.39 Å². The maximum atomic E-state index is 13.3. The molecule has 0 fully saturated rings. The molecule has 1 heterocycles. The van der Waals surface area contributed by atoms with E-state index in [1.807, 2.05) is 31.2 Å². The minimum atomic E-state index is -0.736. The Morgan fingerprint density at radius 1 is 1.19 bits per heavy atom. The highest BCUT2D eigenvalue weighted by molar-refractivity contribution is 14.1. The third-order valence-electron chi connectivity index (χ3n) is 3.58. The molecule has 1 N–H and O–H groups in total. The summed E-state index contributed by atoms with van der Waals surface area (Å²) < 4.78 is 20.2. The first kappa shape index (κ1) is 14.5. The lowest BCUT2D eigenvalue weighted by molar-refractivity contribution is 0.151. The van der Waals surface area contributed by atoms with E-state index in [0.29, 0.717) is 23.2 Å². The van der Waals surface area contributed by atoms with Crippen LogP contribution in [-0.4, -0.2) is 5.11 Å². The van der Waals surface area contributed by atoms with E-state index >= 15 is 0 Å². The quantitative estimate of drug-likeness (QED) is 0.648. The number of hydrogen-bond acceptors (Lipinski definition) is 2. The van der Waals surface area contributed by atoms with E-state index in [2.05, 4.69) is 22.6 Å². The summed E-state index contributed by atoms with van der Waals surface area (Å²) in [5.41, 5.74) is 2.43. The number of furan rings is 1. The van der Waals surface area contributed by atoms with Crippen LogP contribution in [0.25, 0.3) is 11.0 Å². The Morgan fingerprint density at radius 2 is 1.90 bits per heavy atom. The van der Waals surface area contributed by atoms with Crippen LogP contribution in [0.4, 0.5) is 4.39 Å². The average molecular weight is 396 g/mol. The van der Waals surface area contributed by atoms with Crippen molar-refractivity contribution in [2.24, 2.45) is 0 Å². The van der Waals surface area contributed by atoms with Crippen LogP contribution in [0, 0.1) is 16.3 Å². The molecule has 0 aliphatic rings. The molecule has 1 atom stereocenters. The van der Waals surface area contributed by atoms with Gasteiger partial charge in [0.1, 0.15) is 23.3 Å². The lowest BCUT2D eigenvalue weighted by Crippen LogP contribution is -2.02. The van der Waals surface area contributed by atoms with Crippen LogP contribution in [0.1, 0.15) is 23.0 Å². The molecule has 1 aromatic heterocycles. The van der Waals surface area contributed by atoms with E-state index in [1.165, 1.54) is 12.1 Å². The molecule has 0 radical (unpaired) electrons. The van der Waals surface area contributed by atoms with Gasteiger partial charge in [-0.05, 0) is 65.4 Å². The number of rotatable bonds is 3. The molecular weight excluding hydrogens is 382 g/mol. The van der Waals surface area contributed by atoms with E-state index in [0.717, 1.165) is 14.7 Å². The van der Waals surface area contributed by atoms with Crippen molar-refractivity contribution in [3.63, 3.8) is 0 Å². The molecule has 0 amide bonds. The summed E-state index contributed by atoms with van der Waals surface area (Å²) in [5, 5.41) is 11.1. The van der Waals surface area contributed by atoms with Crippen LogP contribution in [0.2, 0.25) is 0 Å². The summed E-state index contributed by atoms with van der Waals surface area (Å²) in [6, 6.07) is 12.4. The van der Waals surface area contributed by atoms with Gasteiger partial charge in [-0.15, -0.1) is 0 Å². The van der Waals surface area contributed by atoms with Crippen molar-refractivity contribution >= 4 is 33.6 Å². The monoisotopic (exact) mass is 396 g/mol. The van der Waals surface area contributed by atoms with Crippen LogP contribution in [0.5, 0.6) is 0 Å². The third-order valence-corrected chi connectivity index (χ3v) is 4.30. The number of aryl methyl sites for hydroxylation is 1. The maximum Gasteiger partial charge on any atom is 0.137 e. The van der Waals surface area contributed by atoms with Crippen molar-refractivity contribution in [3.05, 3.63) is 68.7 Å². The fourth-order valence-corrected chi connectivity index (χ4v) is 2.83. The van der Waals surface area contributed by atoms with Crippen molar-refractivity contribution in [1.29, 1.82) is 0 Å². The Morgan fingerprint density at radius 3 is 2.62 bits per heavy atom. The zero-order valence-electron chi connectivity index (χ0n) is 11.4. The molecule has 0 saturated carbocycles. The Kier molecular flexibility index (Phi) is 3.99. The van der Waals surface area contributed by atoms with Gasteiger partial charge < -0.3 is 9.52 Å². The Bertz CT molecular complexity index is 777. The average Bonchev–Trinajstić information content (AvgIpc) is 2.79. The molecule has 0 saturated heterocycles. The highest BCUT2D eigenvalue weighted by atomic mass is 127. The molecule has 108 valence electrons. The zero-order valence-corrected chi connectivity index (χ0v) is 13.6. The SMILES string of the molecule is Cc1c(C(O)Cc2ccc(I)cc2)oc2ccc(F)cc12. The lowest BCUT2D eigenvalue weighted by Gasteiger charge is -2.09. The van der Waals surface area contributed by atoms with Crippen molar-refractivity contribution in [1.82, 2.24) is 0 Å². The van der Waals surface area contributed by atoms with Crippen molar-refractivity contribution in [2.75, 3.05) is 0 Å². The number of hydrogen-bond donors (Lipinski definition) is 1. The Balaban J connectivity index is 1.92. The van der Waals surface area contributed by atoms with Gasteiger partial charge in [-0.1, -0.05) is 12.1 Å². The van der Waals surface area contributed by atoms with Crippen molar-refractivity contribution in [2.45, 2.75) is 19.4 Å². The first-order valence-electron chi connectivity index (χ1n) is 6.65. The van der Waals surface area contributed by atoms with E-state index < -0.39 is 6.10 Å². The lowest BCUT2D eigenvalue weighted by atomic mass is 10.0. The minimum absolute atomic E-state index is 0.301. The predicted octanol–water partition coefficient (Wildman–Crippen LogP) is 4.76. The number of benzene rings is 2. The second kappa shape index (κ2) is 5.77. The summed E-state index contributed by atoms with van der Waals surface area (Å²) in [6.07, 6.45) is -0.263. The standard InChI is InChI=1S/C17H14FIO2/c1-10-14-9-12(18)4-7-16(14)21-17(10)15(20)8-11-2-5-13(19)6-3-11/h2-7,9,15,20H,8H2,1H3. The van der Waals surface area contributed by atoms with E-state index in [1.54, 1.807) is 6.07 Å². The minimum Gasteiger partial charge on any atom is -0.458 e. The molecule has 0 aliphatic heterocycles. The van der Waals surface area contributed by atoms with Crippen LogP contribution in [-0.2, 0) is 6.42 Å². The van der Waals surface area contributed by atoms with Gasteiger partial charge in [0.05, 0.1) is 0 Å². The smallest absolute Gasteiger partial charge is 0.137 e. The first-order valence-corrected chi connectivity index (χ1v) is 7.73. The molecule has 3 rings (SSSR count). The summed E-state index contributed by atoms with van der Waals surface area (Å²) in [7, 11) is 0. The normalized spacial score (nSPS) is 12.8. The first-order chi connectivity index (χ1) is 10.0. The van der Waals surface area contributed by atoms with Crippen LogP contribution in [0.15, 0.2) is 46.9 Å². The molecule has 0 aliphatic carbocycles.